The molecule has 0 aliphatic rings. The number of aromatic nitrogens is 1. The molecule has 0 fully saturated rings. The Balaban J connectivity index is 2.76. The van der Waals surface area contributed by atoms with Crippen molar-refractivity contribution in [2.75, 3.05) is 12.3 Å². The van der Waals surface area contributed by atoms with Crippen molar-refractivity contribution in [1.29, 1.82) is 0 Å². The molecule has 0 saturated carbocycles. The summed E-state index contributed by atoms with van der Waals surface area (Å²) in [5.74, 6) is -0.204. The Hall–Kier alpha value is -1.62. The van der Waals surface area contributed by atoms with Crippen molar-refractivity contribution in [1.82, 2.24) is 10.3 Å². The van der Waals surface area contributed by atoms with Gasteiger partial charge in [-0.3, -0.25) is 4.79 Å². The first-order valence-electron chi connectivity index (χ1n) is 5.18. The predicted octanol–water partition coefficient (Wildman–Crippen LogP) is 0.410. The van der Waals surface area contributed by atoms with Gasteiger partial charge in [0.25, 0.3) is 5.91 Å². The predicted molar refractivity (Wildman–Crippen MR) is 61.8 cm³/mol. The molecular weight excluding hydrogens is 206 g/mol. The van der Waals surface area contributed by atoms with E-state index in [-0.39, 0.29) is 30.2 Å². The van der Waals surface area contributed by atoms with E-state index in [9.17, 15) is 4.79 Å². The third-order valence-corrected chi connectivity index (χ3v) is 2.37. The molecule has 1 atom stereocenters. The molecular formula is C11H17N3O2. The molecule has 0 aliphatic heterocycles. The standard InChI is InChI=1S/C11H17N3O2/c1-7(2)9(6-15)14-11(16)10-8(12)4-3-5-13-10/h3-5,7,9,15H,6,12H2,1-2H3,(H,14,16). The molecule has 0 spiro atoms. The van der Waals surface area contributed by atoms with Crippen LogP contribution < -0.4 is 11.1 Å². The van der Waals surface area contributed by atoms with Gasteiger partial charge < -0.3 is 16.2 Å². The summed E-state index contributed by atoms with van der Waals surface area (Å²) >= 11 is 0. The second-order valence-corrected chi connectivity index (χ2v) is 3.95. The normalized spacial score (nSPS) is 12.5. The minimum atomic E-state index is -0.356. The maximum atomic E-state index is 11.8. The molecule has 5 nitrogen and oxygen atoms in total. The Morgan fingerprint density at radius 2 is 2.31 bits per heavy atom. The minimum Gasteiger partial charge on any atom is -0.397 e. The molecule has 1 aromatic rings. The summed E-state index contributed by atoms with van der Waals surface area (Å²) in [5.41, 5.74) is 6.16. The van der Waals surface area contributed by atoms with E-state index in [0.29, 0.717) is 5.69 Å². The maximum absolute atomic E-state index is 11.8. The first kappa shape index (κ1) is 12.4. The van der Waals surface area contributed by atoms with Crippen LogP contribution in [0.5, 0.6) is 0 Å². The van der Waals surface area contributed by atoms with E-state index in [2.05, 4.69) is 10.3 Å². The van der Waals surface area contributed by atoms with Crippen LogP contribution >= 0.6 is 0 Å². The van der Waals surface area contributed by atoms with Gasteiger partial charge in [0.05, 0.1) is 18.3 Å². The number of hydrogen-bond donors (Lipinski definition) is 3. The molecule has 5 heteroatoms. The van der Waals surface area contributed by atoms with Gasteiger partial charge in [-0.05, 0) is 18.1 Å². The van der Waals surface area contributed by atoms with Crippen LogP contribution in [-0.2, 0) is 0 Å². The monoisotopic (exact) mass is 223 g/mol. The zero-order valence-electron chi connectivity index (χ0n) is 9.47. The highest BCUT2D eigenvalue weighted by atomic mass is 16.3. The number of hydrogen-bond acceptors (Lipinski definition) is 4. The van der Waals surface area contributed by atoms with Crippen LogP contribution in [0.25, 0.3) is 0 Å². The molecule has 1 amide bonds. The summed E-state index contributed by atoms with van der Waals surface area (Å²) in [6.45, 7) is 3.74. The highest BCUT2D eigenvalue weighted by Crippen LogP contribution is 2.08. The molecule has 1 heterocycles. The highest BCUT2D eigenvalue weighted by molar-refractivity contribution is 5.97. The number of nitrogens with zero attached hydrogens (tertiary/aromatic N) is 1. The fraction of sp³-hybridized carbons (Fsp3) is 0.455. The number of aliphatic hydroxyl groups excluding tert-OH is 1. The summed E-state index contributed by atoms with van der Waals surface area (Å²) in [4.78, 5) is 15.7. The Bertz CT molecular complexity index is 366. The first-order chi connectivity index (χ1) is 7.56. The molecule has 16 heavy (non-hydrogen) atoms. The summed E-state index contributed by atoms with van der Waals surface area (Å²) < 4.78 is 0. The van der Waals surface area contributed by atoms with Crippen molar-refractivity contribution in [3.8, 4) is 0 Å². The lowest BCUT2D eigenvalue weighted by Crippen LogP contribution is -2.41. The quantitative estimate of drug-likeness (QED) is 0.690. The largest absolute Gasteiger partial charge is 0.397 e. The van der Waals surface area contributed by atoms with Crippen molar-refractivity contribution in [2.45, 2.75) is 19.9 Å². The van der Waals surface area contributed by atoms with Crippen LogP contribution in [0.15, 0.2) is 18.3 Å². The fourth-order valence-electron chi connectivity index (χ4n) is 1.27. The third-order valence-electron chi connectivity index (χ3n) is 2.37. The number of carbonyl (C=O) groups is 1. The number of carbonyl (C=O) groups excluding carboxylic acids is 1. The smallest absolute Gasteiger partial charge is 0.272 e. The number of anilines is 1. The van der Waals surface area contributed by atoms with E-state index < -0.39 is 0 Å². The van der Waals surface area contributed by atoms with Crippen LogP contribution in [0.4, 0.5) is 5.69 Å². The van der Waals surface area contributed by atoms with Gasteiger partial charge in [0, 0.05) is 6.20 Å². The molecule has 0 saturated heterocycles. The Labute approximate surface area is 94.7 Å². The number of nitrogens with one attached hydrogen (secondary N) is 1. The lowest BCUT2D eigenvalue weighted by molar-refractivity contribution is 0.0893. The molecule has 1 aromatic heterocycles. The fourth-order valence-corrected chi connectivity index (χ4v) is 1.27. The Kier molecular flexibility index (Phi) is 4.25. The van der Waals surface area contributed by atoms with Crippen molar-refractivity contribution < 1.29 is 9.90 Å². The molecule has 1 unspecified atom stereocenters. The van der Waals surface area contributed by atoms with E-state index in [0.717, 1.165) is 0 Å². The lowest BCUT2D eigenvalue weighted by Gasteiger charge is -2.19. The van der Waals surface area contributed by atoms with E-state index in [1.807, 2.05) is 13.8 Å². The summed E-state index contributed by atoms with van der Waals surface area (Å²) in [6, 6.07) is 3.00. The lowest BCUT2D eigenvalue weighted by atomic mass is 10.1. The van der Waals surface area contributed by atoms with Gasteiger partial charge in [-0.15, -0.1) is 0 Å². The van der Waals surface area contributed by atoms with Crippen LogP contribution in [0.3, 0.4) is 0 Å². The summed E-state index contributed by atoms with van der Waals surface area (Å²) in [7, 11) is 0. The number of rotatable bonds is 4. The average molecular weight is 223 g/mol. The van der Waals surface area contributed by atoms with Crippen LogP contribution in [0.1, 0.15) is 24.3 Å². The number of nitrogens with two attached hydrogens (primary N) is 1. The van der Waals surface area contributed by atoms with Gasteiger partial charge in [0.1, 0.15) is 0 Å². The molecule has 1 rings (SSSR count). The Morgan fingerprint density at radius 3 is 2.81 bits per heavy atom. The van der Waals surface area contributed by atoms with Crippen LogP contribution in [0.2, 0.25) is 0 Å². The zero-order valence-corrected chi connectivity index (χ0v) is 9.47. The minimum absolute atomic E-state index is 0.101. The van der Waals surface area contributed by atoms with Crippen LogP contribution in [-0.4, -0.2) is 28.6 Å². The zero-order chi connectivity index (χ0) is 12.1. The average Bonchev–Trinajstić information content (AvgIpc) is 2.25. The van der Waals surface area contributed by atoms with E-state index in [1.54, 1.807) is 12.1 Å². The van der Waals surface area contributed by atoms with Gasteiger partial charge in [-0.25, -0.2) is 4.98 Å². The van der Waals surface area contributed by atoms with E-state index >= 15 is 0 Å². The number of amides is 1. The van der Waals surface area contributed by atoms with E-state index in [4.69, 9.17) is 10.8 Å². The Morgan fingerprint density at radius 1 is 1.62 bits per heavy atom. The van der Waals surface area contributed by atoms with Crippen molar-refractivity contribution in [3.05, 3.63) is 24.0 Å². The molecule has 0 bridgehead atoms. The second-order valence-electron chi connectivity index (χ2n) is 3.95. The number of nitrogen functional groups attached to an aromatic ring is 1. The topological polar surface area (TPSA) is 88.2 Å². The third kappa shape index (κ3) is 2.93. The highest BCUT2D eigenvalue weighted by Gasteiger charge is 2.18. The first-order valence-corrected chi connectivity index (χ1v) is 5.18. The van der Waals surface area contributed by atoms with Gasteiger partial charge in [-0.2, -0.15) is 0 Å². The van der Waals surface area contributed by atoms with Crippen molar-refractivity contribution in [2.24, 2.45) is 5.92 Å². The SMILES string of the molecule is CC(C)C(CO)NC(=O)c1ncccc1N. The van der Waals surface area contributed by atoms with Gasteiger partial charge in [-0.1, -0.05) is 13.8 Å². The molecule has 88 valence electrons. The molecule has 0 aliphatic carbocycles. The van der Waals surface area contributed by atoms with Crippen molar-refractivity contribution >= 4 is 11.6 Å². The van der Waals surface area contributed by atoms with Gasteiger partial charge in [0.15, 0.2) is 5.69 Å². The van der Waals surface area contributed by atoms with Crippen molar-refractivity contribution in [3.63, 3.8) is 0 Å². The molecule has 0 radical (unpaired) electrons. The van der Waals surface area contributed by atoms with E-state index in [1.165, 1.54) is 6.20 Å². The molecule has 0 aromatic carbocycles. The maximum Gasteiger partial charge on any atom is 0.272 e. The summed E-state index contributed by atoms with van der Waals surface area (Å²) in [6.07, 6.45) is 1.51. The van der Waals surface area contributed by atoms with Gasteiger partial charge in [0.2, 0.25) is 0 Å². The number of pyridine rings is 1. The second kappa shape index (κ2) is 5.46. The number of aliphatic hydroxyl groups is 1. The van der Waals surface area contributed by atoms with Gasteiger partial charge >= 0.3 is 0 Å². The van der Waals surface area contributed by atoms with Crippen LogP contribution in [0, 0.1) is 5.92 Å². The molecule has 4 N–H and O–H groups in total. The summed E-state index contributed by atoms with van der Waals surface area (Å²) in [5, 5.41) is 11.8.